The van der Waals surface area contributed by atoms with Crippen molar-refractivity contribution in [1.82, 2.24) is 0 Å². The van der Waals surface area contributed by atoms with Crippen LogP contribution < -0.4 is 0 Å². The molecule has 0 aliphatic rings. The SMILES string of the molecule is CCc1ccc(Cc2ccc(CC(=O)c3cccc(C(C)=O)c3)c(C(C)(O)C(F)(F)F)c2)cc1C(C)(O)C(F)(F)F. The minimum atomic E-state index is -5.11. The molecule has 220 valence electrons. The Kier molecular flexibility index (Phi) is 8.91. The first-order chi connectivity index (χ1) is 18.8. The molecule has 0 heterocycles. The Balaban J connectivity index is 2.06. The van der Waals surface area contributed by atoms with E-state index in [-0.39, 0.29) is 52.0 Å². The topological polar surface area (TPSA) is 74.6 Å². The lowest BCUT2D eigenvalue weighted by molar-refractivity contribution is -0.259. The highest BCUT2D eigenvalue weighted by molar-refractivity contribution is 6.01. The second-order valence-electron chi connectivity index (χ2n) is 10.4. The second kappa shape index (κ2) is 11.4. The van der Waals surface area contributed by atoms with Gasteiger partial charge >= 0.3 is 12.4 Å². The molecule has 0 aliphatic heterocycles. The summed E-state index contributed by atoms with van der Waals surface area (Å²) in [6.07, 6.45) is -10.5. The Morgan fingerprint density at radius 3 is 1.63 bits per heavy atom. The number of Topliss-reactive ketones (excluding diaryl/α,β-unsaturated/α-hetero) is 2. The van der Waals surface area contributed by atoms with Gasteiger partial charge in [0.2, 0.25) is 0 Å². The van der Waals surface area contributed by atoms with Crippen LogP contribution in [0, 0.1) is 0 Å². The molecule has 41 heavy (non-hydrogen) atoms. The molecule has 2 atom stereocenters. The maximum atomic E-state index is 13.9. The van der Waals surface area contributed by atoms with Crippen molar-refractivity contribution in [3.8, 4) is 0 Å². The van der Waals surface area contributed by atoms with Gasteiger partial charge in [-0.15, -0.1) is 0 Å². The van der Waals surface area contributed by atoms with Crippen LogP contribution in [0.1, 0.15) is 81.8 Å². The molecule has 3 aromatic rings. The van der Waals surface area contributed by atoms with Gasteiger partial charge in [-0.05, 0) is 73.1 Å². The Morgan fingerprint density at radius 1 is 0.707 bits per heavy atom. The van der Waals surface area contributed by atoms with E-state index < -0.39 is 41.3 Å². The van der Waals surface area contributed by atoms with Crippen LogP contribution in [-0.4, -0.2) is 34.1 Å². The number of rotatable bonds is 9. The van der Waals surface area contributed by atoms with E-state index in [1.165, 1.54) is 61.5 Å². The largest absolute Gasteiger partial charge is 0.421 e. The van der Waals surface area contributed by atoms with Gasteiger partial charge in [-0.2, -0.15) is 26.3 Å². The Morgan fingerprint density at radius 2 is 1.17 bits per heavy atom. The summed E-state index contributed by atoms with van der Waals surface area (Å²) in [5.41, 5.74) is -6.37. The predicted octanol–water partition coefficient (Wildman–Crippen LogP) is 7.01. The van der Waals surface area contributed by atoms with E-state index in [0.717, 1.165) is 6.07 Å². The Hall–Kier alpha value is -3.50. The van der Waals surface area contributed by atoms with Crippen molar-refractivity contribution in [1.29, 1.82) is 0 Å². The van der Waals surface area contributed by atoms with E-state index in [1.54, 1.807) is 6.92 Å². The van der Waals surface area contributed by atoms with Crippen LogP contribution >= 0.6 is 0 Å². The first-order valence-electron chi connectivity index (χ1n) is 12.8. The molecule has 2 N–H and O–H groups in total. The molecule has 0 amide bonds. The molecule has 3 rings (SSSR count). The molecule has 0 aliphatic carbocycles. The molecule has 0 saturated heterocycles. The van der Waals surface area contributed by atoms with E-state index in [9.17, 15) is 46.1 Å². The Labute approximate surface area is 233 Å². The van der Waals surface area contributed by atoms with Crippen LogP contribution in [-0.2, 0) is 30.5 Å². The van der Waals surface area contributed by atoms with Crippen molar-refractivity contribution in [3.63, 3.8) is 0 Å². The maximum absolute atomic E-state index is 13.9. The number of hydrogen-bond donors (Lipinski definition) is 2. The van der Waals surface area contributed by atoms with Gasteiger partial charge in [0.1, 0.15) is 0 Å². The van der Waals surface area contributed by atoms with E-state index in [4.69, 9.17) is 0 Å². The lowest BCUT2D eigenvalue weighted by Crippen LogP contribution is -2.40. The number of aryl methyl sites for hydroxylation is 1. The summed E-state index contributed by atoms with van der Waals surface area (Å²) >= 11 is 0. The number of alkyl halides is 6. The number of benzene rings is 3. The summed E-state index contributed by atoms with van der Waals surface area (Å²) in [6.45, 7) is 4.14. The molecule has 10 heteroatoms. The van der Waals surface area contributed by atoms with Crippen molar-refractivity contribution >= 4 is 11.6 Å². The third kappa shape index (κ3) is 6.70. The zero-order valence-corrected chi connectivity index (χ0v) is 22.9. The summed E-state index contributed by atoms with van der Waals surface area (Å²) in [4.78, 5) is 24.7. The van der Waals surface area contributed by atoms with Gasteiger partial charge in [-0.25, -0.2) is 0 Å². The second-order valence-corrected chi connectivity index (χ2v) is 10.4. The van der Waals surface area contributed by atoms with Crippen LogP contribution in [0.2, 0.25) is 0 Å². The van der Waals surface area contributed by atoms with Gasteiger partial charge < -0.3 is 10.2 Å². The molecule has 0 bridgehead atoms. The number of ketones is 2. The monoisotopic (exact) mass is 580 g/mol. The molecule has 3 aromatic carbocycles. The third-order valence-electron chi connectivity index (χ3n) is 7.23. The molecular formula is C31H30F6O4. The van der Waals surface area contributed by atoms with Crippen LogP contribution in [0.15, 0.2) is 60.7 Å². The van der Waals surface area contributed by atoms with Gasteiger partial charge in [0.05, 0.1) is 0 Å². The highest BCUT2D eigenvalue weighted by Gasteiger charge is 2.53. The number of halogens is 6. The highest BCUT2D eigenvalue weighted by atomic mass is 19.4. The van der Waals surface area contributed by atoms with Crippen molar-refractivity contribution in [2.75, 3.05) is 0 Å². The lowest BCUT2D eigenvalue weighted by Gasteiger charge is -2.30. The summed E-state index contributed by atoms with van der Waals surface area (Å²) in [7, 11) is 0. The quantitative estimate of drug-likeness (QED) is 0.211. The minimum Gasteiger partial charge on any atom is -0.376 e. The normalized spacial score (nSPS) is 15.2. The fourth-order valence-electron chi connectivity index (χ4n) is 4.56. The molecule has 0 saturated carbocycles. The molecule has 2 unspecified atom stereocenters. The summed E-state index contributed by atoms with van der Waals surface area (Å²) in [5, 5.41) is 20.9. The predicted molar refractivity (Wildman–Crippen MR) is 141 cm³/mol. The summed E-state index contributed by atoms with van der Waals surface area (Å²) < 4.78 is 82.6. The van der Waals surface area contributed by atoms with Crippen molar-refractivity contribution in [2.45, 2.75) is 70.5 Å². The molecule has 0 aromatic heterocycles. The number of carbonyl (C=O) groups excluding carboxylic acids is 2. The lowest BCUT2D eigenvalue weighted by atomic mass is 9.84. The summed E-state index contributed by atoms with van der Waals surface area (Å²) in [5.74, 6) is -0.870. The van der Waals surface area contributed by atoms with Crippen molar-refractivity contribution in [2.24, 2.45) is 0 Å². The standard InChI is InChI=1S/C31H30F6O4/c1-5-21-11-9-19(14-25(21)28(3,40)30(32,33)34)13-20-10-12-23(26(15-20)29(4,41)31(35,36)37)17-27(39)24-8-6-7-22(16-24)18(2)38/h6-12,14-16,40-41H,5,13,17H2,1-4H3. The fraction of sp³-hybridized carbons (Fsp3) is 0.355. The van der Waals surface area contributed by atoms with Gasteiger partial charge in [0.25, 0.3) is 0 Å². The molecule has 4 nitrogen and oxygen atoms in total. The van der Waals surface area contributed by atoms with Crippen molar-refractivity contribution < 1.29 is 46.1 Å². The Bertz CT molecular complexity index is 1450. The molecule has 0 fully saturated rings. The van der Waals surface area contributed by atoms with Gasteiger partial charge in [-0.1, -0.05) is 61.5 Å². The summed E-state index contributed by atoms with van der Waals surface area (Å²) in [6, 6.07) is 13.7. The van der Waals surface area contributed by atoms with E-state index in [0.29, 0.717) is 19.4 Å². The zero-order valence-electron chi connectivity index (χ0n) is 22.9. The smallest absolute Gasteiger partial charge is 0.376 e. The number of carbonyl (C=O) groups is 2. The van der Waals surface area contributed by atoms with E-state index in [2.05, 4.69) is 0 Å². The van der Waals surface area contributed by atoms with Crippen LogP contribution in [0.25, 0.3) is 0 Å². The van der Waals surface area contributed by atoms with Crippen LogP contribution in [0.5, 0.6) is 0 Å². The van der Waals surface area contributed by atoms with Crippen LogP contribution in [0.4, 0.5) is 26.3 Å². The van der Waals surface area contributed by atoms with E-state index >= 15 is 0 Å². The van der Waals surface area contributed by atoms with Gasteiger partial charge in [0.15, 0.2) is 22.8 Å². The van der Waals surface area contributed by atoms with E-state index in [1.807, 2.05) is 0 Å². The first kappa shape index (κ1) is 32.0. The number of hydrogen-bond acceptors (Lipinski definition) is 4. The highest BCUT2D eigenvalue weighted by Crippen LogP contribution is 2.42. The molecule has 0 radical (unpaired) electrons. The average molecular weight is 581 g/mol. The third-order valence-corrected chi connectivity index (χ3v) is 7.23. The molecule has 0 spiro atoms. The van der Waals surface area contributed by atoms with Crippen LogP contribution in [0.3, 0.4) is 0 Å². The van der Waals surface area contributed by atoms with Gasteiger partial charge in [-0.3, -0.25) is 9.59 Å². The average Bonchev–Trinajstić information content (AvgIpc) is 2.88. The van der Waals surface area contributed by atoms with Gasteiger partial charge in [0, 0.05) is 17.5 Å². The first-order valence-corrected chi connectivity index (χ1v) is 12.8. The maximum Gasteiger partial charge on any atom is 0.421 e. The zero-order chi connectivity index (χ0) is 31.0. The molecular weight excluding hydrogens is 550 g/mol. The fourth-order valence-corrected chi connectivity index (χ4v) is 4.56. The minimum absolute atomic E-state index is 0.101. The number of aliphatic hydroxyl groups is 2. The van der Waals surface area contributed by atoms with Crippen molar-refractivity contribution in [3.05, 3.63) is 105 Å².